The first-order valence-corrected chi connectivity index (χ1v) is 15.2. The van der Waals surface area contributed by atoms with E-state index in [0.29, 0.717) is 34.0 Å². The van der Waals surface area contributed by atoms with Crippen molar-refractivity contribution < 1.29 is 28.2 Å². The number of esters is 1. The minimum absolute atomic E-state index is 0. The lowest BCUT2D eigenvalue weighted by Gasteiger charge is -2.38. The predicted octanol–water partition coefficient (Wildman–Crippen LogP) is 6.64. The predicted molar refractivity (Wildman–Crippen MR) is 189 cm³/mol. The molecule has 5 rings (SSSR count). The molecule has 1 aromatic heterocycles. The first-order valence-electron chi connectivity index (χ1n) is 15.2. The van der Waals surface area contributed by atoms with Crippen molar-refractivity contribution in [3.63, 3.8) is 0 Å². The van der Waals surface area contributed by atoms with Gasteiger partial charge in [-0.1, -0.05) is 56.3 Å². The van der Waals surface area contributed by atoms with E-state index in [-0.39, 0.29) is 53.4 Å². The molecular weight excluding hydrogens is 643 g/mol. The number of rotatable bonds is 11. The summed E-state index contributed by atoms with van der Waals surface area (Å²) in [5, 5.41) is 0.365. The first-order chi connectivity index (χ1) is 21.7. The van der Waals surface area contributed by atoms with Gasteiger partial charge in [0.25, 0.3) is 0 Å². The molecule has 0 aliphatic carbocycles. The summed E-state index contributed by atoms with van der Waals surface area (Å²) in [5.74, 6) is 1.89. The fourth-order valence-electron chi connectivity index (χ4n) is 5.96. The zero-order valence-corrected chi connectivity index (χ0v) is 29.4. The Morgan fingerprint density at radius 2 is 1.49 bits per heavy atom. The SMILES string of the molecule is COc1ccc(CN2CCN(CC(C)(C)COC(=O)c3cccc4c(=O)c(C)c(-c5ccccc5)oc34)CC2)c(OC)c1OC.Cl.Cl. The van der Waals surface area contributed by atoms with Crippen LogP contribution >= 0.6 is 24.8 Å². The number of carbonyl (C=O) groups excluding carboxylic acids is 1. The topological polar surface area (TPSA) is 90.7 Å². The molecule has 3 aromatic carbocycles. The summed E-state index contributed by atoms with van der Waals surface area (Å²) in [6, 6.07) is 18.4. The maximum absolute atomic E-state index is 13.4. The largest absolute Gasteiger partial charge is 0.493 e. The number of nitrogens with zero attached hydrogens (tertiary/aromatic N) is 2. The third kappa shape index (κ3) is 8.40. The number of methoxy groups -OCH3 is 3. The van der Waals surface area contributed by atoms with E-state index in [9.17, 15) is 9.59 Å². The van der Waals surface area contributed by atoms with E-state index >= 15 is 0 Å². The Balaban J connectivity index is 0.00000300. The summed E-state index contributed by atoms with van der Waals surface area (Å²) in [6.07, 6.45) is 0. The lowest BCUT2D eigenvalue weighted by Crippen LogP contribution is -2.49. The Hall–Kier alpha value is -3.76. The normalized spacial score (nSPS) is 13.7. The number of halogens is 2. The van der Waals surface area contributed by atoms with Crippen LogP contribution in [-0.4, -0.2) is 76.4 Å². The number of fused-ring (bicyclic) bond motifs is 1. The lowest BCUT2D eigenvalue weighted by molar-refractivity contribution is 0.0207. The highest BCUT2D eigenvalue weighted by Crippen LogP contribution is 2.40. The van der Waals surface area contributed by atoms with Gasteiger partial charge in [0.2, 0.25) is 5.75 Å². The average Bonchev–Trinajstić information content (AvgIpc) is 3.05. The summed E-state index contributed by atoms with van der Waals surface area (Å²) in [7, 11) is 4.88. The van der Waals surface area contributed by atoms with Crippen molar-refractivity contribution in [2.45, 2.75) is 27.3 Å². The highest BCUT2D eigenvalue weighted by Gasteiger charge is 2.28. The Morgan fingerprint density at radius 3 is 2.13 bits per heavy atom. The Bertz CT molecular complexity index is 1720. The summed E-state index contributed by atoms with van der Waals surface area (Å²) in [5.41, 5.74) is 2.38. The average molecular weight is 688 g/mol. The van der Waals surface area contributed by atoms with Crippen LogP contribution in [0.25, 0.3) is 22.3 Å². The molecule has 47 heavy (non-hydrogen) atoms. The summed E-state index contributed by atoms with van der Waals surface area (Å²) in [4.78, 5) is 31.4. The van der Waals surface area contributed by atoms with Gasteiger partial charge in [-0.05, 0) is 25.1 Å². The van der Waals surface area contributed by atoms with E-state index in [0.717, 1.165) is 50.4 Å². The van der Waals surface area contributed by atoms with Crippen LogP contribution < -0.4 is 19.6 Å². The van der Waals surface area contributed by atoms with Crippen LogP contribution in [0.2, 0.25) is 0 Å². The van der Waals surface area contributed by atoms with Crippen molar-refractivity contribution in [1.29, 1.82) is 0 Å². The molecule has 2 heterocycles. The summed E-state index contributed by atoms with van der Waals surface area (Å²) in [6.45, 7) is 11.3. The molecule has 254 valence electrons. The Kier molecular flexibility index (Phi) is 13.1. The van der Waals surface area contributed by atoms with E-state index in [2.05, 4.69) is 23.6 Å². The number of piperazine rings is 1. The van der Waals surface area contributed by atoms with Gasteiger partial charge < -0.3 is 28.3 Å². The maximum atomic E-state index is 13.4. The molecule has 0 unspecified atom stereocenters. The zero-order chi connectivity index (χ0) is 32.1. The molecule has 1 aliphatic heterocycles. The maximum Gasteiger partial charge on any atom is 0.341 e. The number of hydrogen-bond donors (Lipinski definition) is 0. The van der Waals surface area contributed by atoms with E-state index < -0.39 is 5.97 Å². The smallest absolute Gasteiger partial charge is 0.341 e. The molecule has 1 saturated heterocycles. The van der Waals surface area contributed by atoms with Crippen LogP contribution in [0.5, 0.6) is 17.2 Å². The second kappa shape index (κ2) is 16.4. The number of carbonyl (C=O) groups is 1. The molecule has 1 fully saturated rings. The third-order valence-electron chi connectivity index (χ3n) is 8.29. The summed E-state index contributed by atoms with van der Waals surface area (Å²) >= 11 is 0. The van der Waals surface area contributed by atoms with Gasteiger partial charge in [-0.2, -0.15) is 0 Å². The zero-order valence-electron chi connectivity index (χ0n) is 27.8. The van der Waals surface area contributed by atoms with Crippen LogP contribution in [0.15, 0.2) is 69.9 Å². The van der Waals surface area contributed by atoms with Gasteiger partial charge in [-0.15, -0.1) is 24.8 Å². The highest BCUT2D eigenvalue weighted by atomic mass is 35.5. The van der Waals surface area contributed by atoms with Gasteiger partial charge >= 0.3 is 5.97 Å². The van der Waals surface area contributed by atoms with Crippen LogP contribution in [0.1, 0.15) is 35.3 Å². The number of para-hydroxylation sites is 1. The standard InChI is InChI=1S/C36H42N2O7.2ClH/c1-24-30(39)27-13-10-14-28(33(27)45-31(24)25-11-8-7-9-12-25)35(40)44-23-36(2,3)22-38-19-17-37(18-20-38)21-26-15-16-29(41-4)34(43-6)32(26)42-5;;/h7-16H,17-23H2,1-6H3;2*1H. The number of ether oxygens (including phenoxy) is 4. The Morgan fingerprint density at radius 1 is 0.830 bits per heavy atom. The molecule has 0 radical (unpaired) electrons. The molecular formula is C36H44Cl2N2O7. The molecule has 11 heteroatoms. The fourth-order valence-corrected chi connectivity index (χ4v) is 5.96. The van der Waals surface area contributed by atoms with Crippen molar-refractivity contribution in [1.82, 2.24) is 9.80 Å². The lowest BCUT2D eigenvalue weighted by atomic mass is 9.93. The molecule has 0 spiro atoms. The summed E-state index contributed by atoms with van der Waals surface area (Å²) < 4.78 is 28.7. The third-order valence-corrected chi connectivity index (χ3v) is 8.29. The van der Waals surface area contributed by atoms with E-state index in [1.54, 1.807) is 46.5 Å². The van der Waals surface area contributed by atoms with Gasteiger partial charge in [-0.3, -0.25) is 9.69 Å². The van der Waals surface area contributed by atoms with E-state index in [1.807, 2.05) is 42.5 Å². The molecule has 9 nitrogen and oxygen atoms in total. The van der Waals surface area contributed by atoms with Gasteiger partial charge in [0.05, 0.1) is 33.3 Å². The van der Waals surface area contributed by atoms with Crippen molar-refractivity contribution in [2.75, 3.05) is 60.7 Å². The van der Waals surface area contributed by atoms with Crippen LogP contribution in [0.3, 0.4) is 0 Å². The fraction of sp³-hybridized carbons (Fsp3) is 0.389. The second-order valence-corrected chi connectivity index (χ2v) is 12.2. The second-order valence-electron chi connectivity index (χ2n) is 12.2. The molecule has 4 aromatic rings. The van der Waals surface area contributed by atoms with E-state index in [4.69, 9.17) is 23.4 Å². The van der Waals surface area contributed by atoms with Crippen molar-refractivity contribution >= 4 is 41.8 Å². The van der Waals surface area contributed by atoms with Crippen LogP contribution in [-0.2, 0) is 11.3 Å². The number of hydrogen-bond acceptors (Lipinski definition) is 9. The minimum atomic E-state index is -0.506. The molecule has 0 bridgehead atoms. The van der Waals surface area contributed by atoms with Gasteiger partial charge in [0.1, 0.15) is 11.3 Å². The van der Waals surface area contributed by atoms with E-state index in [1.165, 1.54) is 0 Å². The molecule has 0 saturated carbocycles. The van der Waals surface area contributed by atoms with Crippen LogP contribution in [0.4, 0.5) is 0 Å². The highest BCUT2D eigenvalue weighted by molar-refractivity contribution is 6.02. The minimum Gasteiger partial charge on any atom is -0.493 e. The monoisotopic (exact) mass is 686 g/mol. The number of benzene rings is 3. The Labute approximate surface area is 288 Å². The van der Waals surface area contributed by atoms with Gasteiger partial charge in [-0.25, -0.2) is 4.79 Å². The van der Waals surface area contributed by atoms with Gasteiger partial charge in [0.15, 0.2) is 22.5 Å². The quantitative estimate of drug-likeness (QED) is 0.161. The first kappa shape index (κ1) is 37.7. The molecule has 0 atom stereocenters. The van der Waals surface area contributed by atoms with Gasteiger partial charge in [0, 0.05) is 61.4 Å². The molecule has 0 amide bonds. The molecule has 0 N–H and O–H groups in total. The van der Waals surface area contributed by atoms with Crippen molar-refractivity contribution in [2.24, 2.45) is 5.41 Å². The van der Waals surface area contributed by atoms with Crippen molar-refractivity contribution in [3.8, 4) is 28.6 Å². The van der Waals surface area contributed by atoms with Crippen LogP contribution in [0, 0.1) is 12.3 Å². The van der Waals surface area contributed by atoms with Crippen molar-refractivity contribution in [3.05, 3.63) is 87.6 Å². The molecule has 1 aliphatic rings.